The van der Waals surface area contributed by atoms with Crippen LogP contribution < -0.4 is 9.04 Å². The number of rotatable bonds is 6. The fraction of sp³-hybridized carbons (Fsp3) is 0.143. The Labute approximate surface area is 169 Å². The van der Waals surface area contributed by atoms with Gasteiger partial charge in [0.2, 0.25) is 0 Å². The van der Waals surface area contributed by atoms with Gasteiger partial charge in [0.15, 0.2) is 0 Å². The van der Waals surface area contributed by atoms with Crippen molar-refractivity contribution in [1.82, 2.24) is 0 Å². The van der Waals surface area contributed by atoms with Crippen molar-refractivity contribution in [2.75, 3.05) is 11.4 Å². The molecule has 3 rings (SSSR count). The van der Waals surface area contributed by atoms with Gasteiger partial charge in [0.1, 0.15) is 11.6 Å². The fourth-order valence-corrected chi connectivity index (χ4v) is 4.85. The summed E-state index contributed by atoms with van der Waals surface area (Å²) in [7, 11) is -2.48. The zero-order valence-corrected chi connectivity index (χ0v) is 16.9. The molecule has 7 heteroatoms. The zero-order chi connectivity index (χ0) is 20.3. The lowest BCUT2D eigenvalue weighted by molar-refractivity contribution is 0.407. The number of hydrogen-bond acceptors (Lipinski definition) is 3. The molecular formula is C21H19ClFNO3S. The molecular weight excluding hydrogens is 401 g/mol. The number of nitrogens with zero attached hydrogens (tertiary/aromatic N) is 1. The highest BCUT2D eigenvalue weighted by molar-refractivity contribution is 7.92. The molecule has 0 aromatic heterocycles. The molecule has 0 radical (unpaired) electrons. The fourth-order valence-electron chi connectivity index (χ4n) is 3.04. The molecule has 0 aliphatic heterocycles. The maximum Gasteiger partial charge on any atom is 0.264 e. The third-order valence-corrected chi connectivity index (χ3v) is 6.52. The summed E-state index contributed by atoms with van der Waals surface area (Å²) >= 11 is 6.12. The molecule has 146 valence electrons. The number of ether oxygens (including phenoxy) is 1. The van der Waals surface area contributed by atoms with Gasteiger partial charge in [-0.1, -0.05) is 35.9 Å². The SMILES string of the molecule is COc1ccccc1C(C)N(c1cccc(Cl)c1)S(=O)(=O)c1ccc(F)cc1. The van der Waals surface area contributed by atoms with E-state index in [9.17, 15) is 12.8 Å². The molecule has 0 bridgehead atoms. The van der Waals surface area contributed by atoms with Gasteiger partial charge in [-0.25, -0.2) is 12.8 Å². The maximum atomic E-state index is 13.5. The minimum Gasteiger partial charge on any atom is -0.496 e. The van der Waals surface area contributed by atoms with Crippen molar-refractivity contribution in [2.45, 2.75) is 17.9 Å². The van der Waals surface area contributed by atoms with Crippen molar-refractivity contribution in [1.29, 1.82) is 0 Å². The van der Waals surface area contributed by atoms with Gasteiger partial charge in [0.05, 0.1) is 23.7 Å². The molecule has 0 spiro atoms. The number of anilines is 1. The Morgan fingerprint density at radius 2 is 1.68 bits per heavy atom. The standard InChI is InChI=1S/C21H19ClFNO3S/c1-15(20-8-3-4-9-21(20)27-2)24(18-7-5-6-16(22)14-18)28(25,26)19-12-10-17(23)11-13-19/h3-15H,1-2H3. The van der Waals surface area contributed by atoms with Gasteiger partial charge in [-0.2, -0.15) is 0 Å². The van der Waals surface area contributed by atoms with E-state index in [2.05, 4.69) is 0 Å². The first kappa shape index (κ1) is 20.2. The summed E-state index contributed by atoms with van der Waals surface area (Å²) in [4.78, 5) is -0.0179. The zero-order valence-electron chi connectivity index (χ0n) is 15.3. The van der Waals surface area contributed by atoms with Gasteiger partial charge < -0.3 is 4.74 Å². The summed E-state index contributed by atoms with van der Waals surface area (Å²) in [6.07, 6.45) is 0. The summed E-state index contributed by atoms with van der Waals surface area (Å²) in [5.74, 6) is 0.0577. The van der Waals surface area contributed by atoms with E-state index in [1.54, 1.807) is 43.3 Å². The van der Waals surface area contributed by atoms with E-state index < -0.39 is 21.9 Å². The van der Waals surface area contributed by atoms with Crippen LogP contribution in [-0.2, 0) is 10.0 Å². The molecule has 28 heavy (non-hydrogen) atoms. The summed E-state index contributed by atoms with van der Waals surface area (Å²) in [5, 5.41) is 0.407. The molecule has 0 heterocycles. The van der Waals surface area contributed by atoms with Crippen LogP contribution in [-0.4, -0.2) is 15.5 Å². The minimum atomic E-state index is -4.01. The number of benzene rings is 3. The van der Waals surface area contributed by atoms with Crippen LogP contribution in [0.5, 0.6) is 5.75 Å². The van der Waals surface area contributed by atoms with Crippen LogP contribution in [0.1, 0.15) is 18.5 Å². The van der Waals surface area contributed by atoms with Gasteiger partial charge in [-0.05, 0) is 55.5 Å². The van der Waals surface area contributed by atoms with Gasteiger partial charge in [0, 0.05) is 10.6 Å². The average Bonchev–Trinajstić information content (AvgIpc) is 2.68. The third-order valence-electron chi connectivity index (χ3n) is 4.37. The second kappa shape index (κ2) is 8.20. The monoisotopic (exact) mass is 419 g/mol. The topological polar surface area (TPSA) is 46.6 Å². The average molecular weight is 420 g/mol. The molecule has 1 atom stereocenters. The van der Waals surface area contributed by atoms with Crippen LogP contribution in [0.15, 0.2) is 77.7 Å². The molecule has 0 amide bonds. The third kappa shape index (κ3) is 3.98. The lowest BCUT2D eigenvalue weighted by Gasteiger charge is -2.31. The molecule has 0 aliphatic carbocycles. The summed E-state index contributed by atoms with van der Waals surface area (Å²) in [6, 6.07) is 17.9. The number of halogens is 2. The van der Waals surface area contributed by atoms with E-state index in [1.807, 2.05) is 12.1 Å². The molecule has 3 aromatic rings. The Kier molecular flexibility index (Phi) is 5.91. The summed E-state index contributed by atoms with van der Waals surface area (Å²) in [5.41, 5.74) is 1.09. The molecule has 0 aliphatic rings. The van der Waals surface area contributed by atoms with Gasteiger partial charge in [-0.3, -0.25) is 4.31 Å². The minimum absolute atomic E-state index is 0.0179. The predicted octanol–water partition coefficient (Wildman–Crippen LogP) is 5.44. The van der Waals surface area contributed by atoms with E-state index in [1.165, 1.54) is 23.5 Å². The largest absolute Gasteiger partial charge is 0.496 e. The lowest BCUT2D eigenvalue weighted by atomic mass is 10.1. The second-order valence-corrected chi connectivity index (χ2v) is 8.40. The van der Waals surface area contributed by atoms with Crippen LogP contribution in [0.3, 0.4) is 0 Å². The smallest absolute Gasteiger partial charge is 0.264 e. The summed E-state index contributed by atoms with van der Waals surface area (Å²) in [6.45, 7) is 1.76. The van der Waals surface area contributed by atoms with Crippen molar-refractivity contribution < 1.29 is 17.5 Å². The molecule has 0 N–H and O–H groups in total. The van der Waals surface area contributed by atoms with Crippen molar-refractivity contribution in [3.63, 3.8) is 0 Å². The number of hydrogen-bond donors (Lipinski definition) is 0. The number of methoxy groups -OCH3 is 1. The van der Waals surface area contributed by atoms with Crippen molar-refractivity contribution in [3.8, 4) is 5.75 Å². The first-order chi connectivity index (χ1) is 13.3. The van der Waals surface area contributed by atoms with Crippen LogP contribution in [0.2, 0.25) is 5.02 Å². The Morgan fingerprint density at radius 1 is 1.00 bits per heavy atom. The normalized spacial score (nSPS) is 12.4. The number of sulfonamides is 1. The van der Waals surface area contributed by atoms with Crippen molar-refractivity contribution >= 4 is 27.3 Å². The van der Waals surface area contributed by atoms with E-state index in [0.29, 0.717) is 22.0 Å². The van der Waals surface area contributed by atoms with Crippen LogP contribution >= 0.6 is 11.6 Å². The highest BCUT2D eigenvalue weighted by Gasteiger charge is 2.32. The van der Waals surface area contributed by atoms with E-state index in [-0.39, 0.29) is 4.90 Å². The van der Waals surface area contributed by atoms with Gasteiger partial charge in [0.25, 0.3) is 10.0 Å². The quantitative estimate of drug-likeness (QED) is 0.534. The van der Waals surface area contributed by atoms with Crippen LogP contribution in [0.4, 0.5) is 10.1 Å². The Bertz CT molecular complexity index is 1070. The molecule has 0 saturated heterocycles. The summed E-state index contributed by atoms with van der Waals surface area (Å²) < 4.78 is 47.0. The van der Waals surface area contributed by atoms with Crippen molar-refractivity contribution in [2.24, 2.45) is 0 Å². The highest BCUT2D eigenvalue weighted by Crippen LogP contribution is 2.37. The van der Waals surface area contributed by atoms with Crippen LogP contribution in [0.25, 0.3) is 0 Å². The van der Waals surface area contributed by atoms with Gasteiger partial charge in [-0.15, -0.1) is 0 Å². The Morgan fingerprint density at radius 3 is 2.32 bits per heavy atom. The second-order valence-electron chi connectivity index (χ2n) is 6.15. The molecule has 0 fully saturated rings. The van der Waals surface area contributed by atoms with E-state index in [4.69, 9.17) is 16.3 Å². The molecule has 1 unspecified atom stereocenters. The van der Waals surface area contributed by atoms with E-state index >= 15 is 0 Å². The van der Waals surface area contributed by atoms with Gasteiger partial charge >= 0.3 is 0 Å². The Hall–Kier alpha value is -2.57. The molecule has 4 nitrogen and oxygen atoms in total. The Balaban J connectivity index is 2.19. The lowest BCUT2D eigenvalue weighted by Crippen LogP contribution is -2.34. The van der Waals surface area contributed by atoms with Crippen LogP contribution in [0, 0.1) is 5.82 Å². The van der Waals surface area contributed by atoms with Crippen molar-refractivity contribution in [3.05, 3.63) is 89.2 Å². The first-order valence-corrected chi connectivity index (χ1v) is 10.3. The molecule has 0 saturated carbocycles. The predicted molar refractivity (Wildman–Crippen MR) is 109 cm³/mol. The molecule has 3 aromatic carbocycles. The maximum absolute atomic E-state index is 13.5. The number of para-hydroxylation sites is 1. The van der Waals surface area contributed by atoms with E-state index in [0.717, 1.165) is 12.1 Å². The first-order valence-electron chi connectivity index (χ1n) is 8.53. The highest BCUT2D eigenvalue weighted by atomic mass is 35.5.